The summed E-state index contributed by atoms with van der Waals surface area (Å²) in [5.74, 6) is 0. The first-order valence-electron chi connectivity index (χ1n) is 5.44. The van der Waals surface area contributed by atoms with Gasteiger partial charge in [0.05, 0.1) is 0 Å². The van der Waals surface area contributed by atoms with Crippen LogP contribution in [0.3, 0.4) is 0 Å². The van der Waals surface area contributed by atoms with E-state index < -0.39 is 10.0 Å². The maximum absolute atomic E-state index is 11.7. The highest BCUT2D eigenvalue weighted by atomic mass is 32.2. The van der Waals surface area contributed by atoms with E-state index in [4.69, 9.17) is 0 Å². The highest BCUT2D eigenvalue weighted by Crippen LogP contribution is 2.15. The lowest BCUT2D eigenvalue weighted by Gasteiger charge is -2.14. The number of nitrogens with one attached hydrogen (secondary N) is 1. The average molecular weight is 260 g/mol. The molecule has 0 atom stereocenters. The molecule has 1 fully saturated rings. The van der Waals surface area contributed by atoms with Gasteiger partial charge >= 0.3 is 0 Å². The molecule has 2 rings (SSSR count). The van der Waals surface area contributed by atoms with Crippen LogP contribution in [0.4, 0.5) is 0 Å². The Morgan fingerprint density at radius 1 is 1.38 bits per heavy atom. The zero-order valence-corrected chi connectivity index (χ0v) is 10.7. The average Bonchev–Trinajstić information content (AvgIpc) is 2.90. The second-order valence-corrected chi connectivity index (χ2v) is 6.82. The summed E-state index contributed by atoms with van der Waals surface area (Å²) in [6.45, 7) is 3.51. The number of hydrogen-bond acceptors (Lipinski definition) is 4. The standard InChI is InChI=1S/C10H16N2O2S2/c13-16(14,10-4-3-9-15-10)11-5-8-12-6-1-2-7-12/h3-4,9,11H,1-2,5-8H2. The molecule has 1 aliphatic rings. The minimum atomic E-state index is -3.27. The summed E-state index contributed by atoms with van der Waals surface area (Å²) < 4.78 is 26.5. The van der Waals surface area contributed by atoms with Gasteiger partial charge in [-0.1, -0.05) is 6.07 Å². The summed E-state index contributed by atoms with van der Waals surface area (Å²) in [7, 11) is -3.27. The van der Waals surface area contributed by atoms with Gasteiger partial charge < -0.3 is 4.90 Å². The lowest BCUT2D eigenvalue weighted by molar-refractivity contribution is 0.344. The van der Waals surface area contributed by atoms with Gasteiger partial charge in [-0.3, -0.25) is 0 Å². The van der Waals surface area contributed by atoms with Crippen LogP contribution in [0.1, 0.15) is 12.8 Å². The molecule has 0 amide bonds. The van der Waals surface area contributed by atoms with Gasteiger partial charge in [-0.25, -0.2) is 13.1 Å². The Morgan fingerprint density at radius 2 is 2.12 bits per heavy atom. The third kappa shape index (κ3) is 3.04. The summed E-state index contributed by atoms with van der Waals surface area (Å²) >= 11 is 1.25. The van der Waals surface area contributed by atoms with E-state index in [1.165, 1.54) is 24.2 Å². The van der Waals surface area contributed by atoms with E-state index in [1.54, 1.807) is 17.5 Å². The fourth-order valence-electron chi connectivity index (χ4n) is 1.83. The van der Waals surface area contributed by atoms with Gasteiger partial charge in [0.1, 0.15) is 4.21 Å². The fourth-order valence-corrected chi connectivity index (χ4v) is 3.89. The molecule has 1 saturated heterocycles. The number of likely N-dealkylation sites (tertiary alicyclic amines) is 1. The van der Waals surface area contributed by atoms with Gasteiger partial charge in [0, 0.05) is 13.1 Å². The van der Waals surface area contributed by atoms with E-state index in [-0.39, 0.29) is 0 Å². The van der Waals surface area contributed by atoms with Crippen LogP contribution in [-0.4, -0.2) is 39.5 Å². The maximum Gasteiger partial charge on any atom is 0.250 e. The van der Waals surface area contributed by atoms with Crippen LogP contribution < -0.4 is 4.72 Å². The molecule has 0 bridgehead atoms. The Hall–Kier alpha value is -0.430. The number of thiophene rings is 1. The van der Waals surface area contributed by atoms with Crippen LogP contribution in [0, 0.1) is 0 Å². The van der Waals surface area contributed by atoms with Crippen molar-refractivity contribution in [2.45, 2.75) is 17.1 Å². The molecule has 0 unspecified atom stereocenters. The minimum absolute atomic E-state index is 0.397. The van der Waals surface area contributed by atoms with Crippen molar-refractivity contribution < 1.29 is 8.42 Å². The molecule has 0 spiro atoms. The van der Waals surface area contributed by atoms with Gasteiger partial charge in [0.15, 0.2) is 0 Å². The van der Waals surface area contributed by atoms with Crippen molar-refractivity contribution in [3.8, 4) is 0 Å². The highest BCUT2D eigenvalue weighted by molar-refractivity contribution is 7.91. The molecule has 90 valence electrons. The largest absolute Gasteiger partial charge is 0.302 e. The topological polar surface area (TPSA) is 49.4 Å². The molecule has 4 nitrogen and oxygen atoms in total. The number of nitrogens with zero attached hydrogens (tertiary/aromatic N) is 1. The van der Waals surface area contributed by atoms with Crippen LogP contribution in [0.2, 0.25) is 0 Å². The summed E-state index contributed by atoms with van der Waals surface area (Å²) in [6, 6.07) is 3.38. The van der Waals surface area contributed by atoms with E-state index in [0.29, 0.717) is 10.8 Å². The van der Waals surface area contributed by atoms with Gasteiger partial charge in [-0.05, 0) is 37.4 Å². The summed E-state index contributed by atoms with van der Waals surface area (Å²) in [5.41, 5.74) is 0. The van der Waals surface area contributed by atoms with Crippen LogP contribution in [-0.2, 0) is 10.0 Å². The molecule has 0 radical (unpaired) electrons. The van der Waals surface area contributed by atoms with E-state index in [1.807, 2.05) is 0 Å². The lowest BCUT2D eigenvalue weighted by atomic mass is 10.4. The summed E-state index contributed by atoms with van der Waals surface area (Å²) in [5, 5.41) is 1.77. The van der Waals surface area contributed by atoms with Crippen molar-refractivity contribution in [1.82, 2.24) is 9.62 Å². The Balaban J connectivity index is 1.81. The summed E-state index contributed by atoms with van der Waals surface area (Å²) in [4.78, 5) is 2.29. The van der Waals surface area contributed by atoms with E-state index in [2.05, 4.69) is 9.62 Å². The van der Waals surface area contributed by atoms with E-state index in [0.717, 1.165) is 19.6 Å². The predicted molar refractivity (Wildman–Crippen MR) is 65.2 cm³/mol. The second-order valence-electron chi connectivity index (χ2n) is 3.88. The minimum Gasteiger partial charge on any atom is -0.302 e. The first-order chi connectivity index (χ1) is 7.68. The molecule has 0 aliphatic carbocycles. The first-order valence-corrected chi connectivity index (χ1v) is 7.80. The van der Waals surface area contributed by atoms with Crippen LogP contribution in [0.25, 0.3) is 0 Å². The fraction of sp³-hybridized carbons (Fsp3) is 0.600. The third-order valence-corrected chi connectivity index (χ3v) is 5.54. The molecule has 16 heavy (non-hydrogen) atoms. The van der Waals surface area contributed by atoms with Gasteiger partial charge in [0.2, 0.25) is 10.0 Å². The third-order valence-electron chi connectivity index (χ3n) is 2.68. The SMILES string of the molecule is O=S(=O)(NCCN1CCCC1)c1cccs1. The van der Waals surface area contributed by atoms with Crippen molar-refractivity contribution in [3.05, 3.63) is 17.5 Å². The smallest absolute Gasteiger partial charge is 0.250 e. The maximum atomic E-state index is 11.7. The van der Waals surface area contributed by atoms with Gasteiger partial charge in [-0.15, -0.1) is 11.3 Å². The molecule has 1 aromatic rings. The highest BCUT2D eigenvalue weighted by Gasteiger charge is 2.16. The Kier molecular flexibility index (Phi) is 3.96. The Labute approximate surface area is 100 Å². The molecular formula is C10H16N2O2S2. The van der Waals surface area contributed by atoms with Crippen molar-refractivity contribution in [2.75, 3.05) is 26.2 Å². The van der Waals surface area contributed by atoms with Gasteiger partial charge in [-0.2, -0.15) is 0 Å². The van der Waals surface area contributed by atoms with Crippen molar-refractivity contribution in [1.29, 1.82) is 0 Å². The molecule has 1 aromatic heterocycles. The molecule has 0 saturated carbocycles. The zero-order chi connectivity index (χ0) is 11.4. The van der Waals surface area contributed by atoms with E-state index in [9.17, 15) is 8.42 Å². The monoisotopic (exact) mass is 260 g/mol. The Bertz CT molecular complexity index is 408. The number of hydrogen-bond donors (Lipinski definition) is 1. The quantitative estimate of drug-likeness (QED) is 0.863. The Morgan fingerprint density at radius 3 is 2.75 bits per heavy atom. The molecule has 6 heteroatoms. The van der Waals surface area contributed by atoms with E-state index >= 15 is 0 Å². The lowest BCUT2D eigenvalue weighted by Crippen LogP contribution is -2.33. The zero-order valence-electron chi connectivity index (χ0n) is 9.05. The van der Waals surface area contributed by atoms with Crippen molar-refractivity contribution in [2.24, 2.45) is 0 Å². The molecule has 1 N–H and O–H groups in total. The first kappa shape index (κ1) is 12.0. The van der Waals surface area contributed by atoms with Gasteiger partial charge in [0.25, 0.3) is 0 Å². The predicted octanol–water partition coefficient (Wildman–Crippen LogP) is 1.12. The van der Waals surface area contributed by atoms with Crippen LogP contribution in [0.5, 0.6) is 0 Å². The second kappa shape index (κ2) is 5.27. The molecular weight excluding hydrogens is 244 g/mol. The molecule has 0 aromatic carbocycles. The van der Waals surface area contributed by atoms with Crippen LogP contribution in [0.15, 0.2) is 21.7 Å². The molecule has 1 aliphatic heterocycles. The van der Waals surface area contributed by atoms with Crippen LogP contribution >= 0.6 is 11.3 Å². The van der Waals surface area contributed by atoms with Crippen molar-refractivity contribution >= 4 is 21.4 Å². The normalized spacial score (nSPS) is 18.0. The van der Waals surface area contributed by atoms with Crippen molar-refractivity contribution in [3.63, 3.8) is 0 Å². The summed E-state index contributed by atoms with van der Waals surface area (Å²) in [6.07, 6.45) is 2.47. The number of sulfonamides is 1. The number of rotatable bonds is 5. The molecule has 2 heterocycles.